The molecule has 0 saturated carbocycles. The van der Waals surface area contributed by atoms with Crippen molar-refractivity contribution >= 4 is 5.91 Å². The van der Waals surface area contributed by atoms with E-state index in [4.69, 9.17) is 0 Å². The fraction of sp³-hybridized carbons (Fsp3) is 0.833. The maximum atomic E-state index is 10.5. The Morgan fingerprint density at radius 3 is 2.62 bits per heavy atom. The number of amides is 1. The standard InChI is InChI=1S/C6H11NO/c1-3-6-4-7(6)5(2)8/h6H,3-4H2,1-2H3. The topological polar surface area (TPSA) is 20.1 Å². The summed E-state index contributed by atoms with van der Waals surface area (Å²) in [5, 5.41) is 0. The summed E-state index contributed by atoms with van der Waals surface area (Å²) in [7, 11) is 0. The normalized spacial score (nSPS) is 25.8. The van der Waals surface area contributed by atoms with E-state index in [0.29, 0.717) is 6.04 Å². The van der Waals surface area contributed by atoms with Crippen molar-refractivity contribution in [2.24, 2.45) is 0 Å². The molecule has 0 aromatic carbocycles. The molecule has 1 atom stereocenters. The van der Waals surface area contributed by atoms with Crippen LogP contribution < -0.4 is 0 Å². The predicted molar refractivity (Wildman–Crippen MR) is 31.5 cm³/mol. The van der Waals surface area contributed by atoms with E-state index in [-0.39, 0.29) is 5.91 Å². The van der Waals surface area contributed by atoms with Gasteiger partial charge in [-0.05, 0) is 6.42 Å². The average Bonchev–Trinajstić information content (AvgIpc) is 2.42. The zero-order valence-electron chi connectivity index (χ0n) is 5.35. The van der Waals surface area contributed by atoms with Gasteiger partial charge in [0, 0.05) is 19.5 Å². The van der Waals surface area contributed by atoms with Crippen LogP contribution in [0.3, 0.4) is 0 Å². The van der Waals surface area contributed by atoms with Crippen LogP contribution in [-0.2, 0) is 4.79 Å². The monoisotopic (exact) mass is 113 g/mol. The number of carbonyl (C=O) groups is 1. The van der Waals surface area contributed by atoms with Gasteiger partial charge in [0.15, 0.2) is 0 Å². The van der Waals surface area contributed by atoms with Crippen LogP contribution in [0, 0.1) is 0 Å². The molecule has 1 amide bonds. The Bertz CT molecular complexity index is 111. The maximum absolute atomic E-state index is 10.5. The van der Waals surface area contributed by atoms with Crippen molar-refractivity contribution in [3.05, 3.63) is 0 Å². The molecular formula is C6H11NO. The highest BCUT2D eigenvalue weighted by molar-refractivity contribution is 5.76. The zero-order chi connectivity index (χ0) is 6.15. The Hall–Kier alpha value is -0.530. The Morgan fingerprint density at radius 2 is 2.50 bits per heavy atom. The Balaban J connectivity index is 2.26. The molecule has 1 aliphatic heterocycles. The summed E-state index contributed by atoms with van der Waals surface area (Å²) in [5.74, 6) is 0.219. The van der Waals surface area contributed by atoms with Crippen LogP contribution >= 0.6 is 0 Å². The highest BCUT2D eigenvalue weighted by atomic mass is 16.2. The van der Waals surface area contributed by atoms with Gasteiger partial charge in [-0.1, -0.05) is 6.92 Å². The molecular weight excluding hydrogens is 102 g/mol. The Morgan fingerprint density at radius 1 is 1.88 bits per heavy atom. The number of hydrogen-bond acceptors (Lipinski definition) is 1. The van der Waals surface area contributed by atoms with E-state index >= 15 is 0 Å². The van der Waals surface area contributed by atoms with Gasteiger partial charge in [0.2, 0.25) is 5.91 Å². The molecule has 1 heterocycles. The van der Waals surface area contributed by atoms with Gasteiger partial charge in [0.05, 0.1) is 0 Å². The van der Waals surface area contributed by atoms with Crippen molar-refractivity contribution in [1.82, 2.24) is 4.90 Å². The van der Waals surface area contributed by atoms with Gasteiger partial charge in [-0.2, -0.15) is 0 Å². The molecule has 0 spiro atoms. The summed E-state index contributed by atoms with van der Waals surface area (Å²) < 4.78 is 0. The van der Waals surface area contributed by atoms with E-state index in [1.54, 1.807) is 6.92 Å². The highest BCUT2D eigenvalue weighted by Crippen LogP contribution is 2.19. The van der Waals surface area contributed by atoms with Crippen LogP contribution in [-0.4, -0.2) is 23.4 Å². The lowest BCUT2D eigenvalue weighted by molar-refractivity contribution is -0.123. The first kappa shape index (κ1) is 5.60. The van der Waals surface area contributed by atoms with E-state index in [2.05, 4.69) is 6.92 Å². The predicted octanol–water partition coefficient (Wildman–Crippen LogP) is 0.627. The van der Waals surface area contributed by atoms with Crippen molar-refractivity contribution < 1.29 is 4.79 Å². The van der Waals surface area contributed by atoms with Gasteiger partial charge < -0.3 is 4.90 Å². The number of rotatable bonds is 1. The first-order chi connectivity index (χ1) is 3.75. The third-order valence-electron chi connectivity index (χ3n) is 1.59. The molecule has 1 unspecified atom stereocenters. The molecule has 8 heavy (non-hydrogen) atoms. The van der Waals surface area contributed by atoms with E-state index in [0.717, 1.165) is 13.0 Å². The summed E-state index contributed by atoms with van der Waals surface area (Å²) in [6.07, 6.45) is 1.11. The average molecular weight is 113 g/mol. The van der Waals surface area contributed by atoms with Crippen molar-refractivity contribution in [3.8, 4) is 0 Å². The first-order valence-corrected chi connectivity index (χ1v) is 3.03. The summed E-state index contributed by atoms with van der Waals surface area (Å²) in [4.78, 5) is 12.4. The highest BCUT2D eigenvalue weighted by Gasteiger charge is 2.33. The zero-order valence-corrected chi connectivity index (χ0v) is 5.35. The molecule has 0 aliphatic carbocycles. The van der Waals surface area contributed by atoms with Gasteiger partial charge in [-0.15, -0.1) is 0 Å². The molecule has 0 aromatic heterocycles. The van der Waals surface area contributed by atoms with E-state index in [1.807, 2.05) is 4.90 Å². The number of hydrogen-bond donors (Lipinski definition) is 0. The summed E-state index contributed by atoms with van der Waals surface area (Å²) >= 11 is 0. The van der Waals surface area contributed by atoms with Gasteiger partial charge in [0.25, 0.3) is 0 Å². The largest absolute Gasteiger partial charge is 0.336 e. The quantitative estimate of drug-likeness (QED) is 0.456. The minimum Gasteiger partial charge on any atom is -0.336 e. The lowest BCUT2D eigenvalue weighted by Crippen LogP contribution is -2.07. The molecule has 2 nitrogen and oxygen atoms in total. The third kappa shape index (κ3) is 0.831. The van der Waals surface area contributed by atoms with Crippen molar-refractivity contribution in [2.45, 2.75) is 26.3 Å². The molecule has 2 heteroatoms. The Kier molecular flexibility index (Phi) is 1.24. The van der Waals surface area contributed by atoms with Crippen LogP contribution in [0.1, 0.15) is 20.3 Å². The fourth-order valence-corrected chi connectivity index (χ4v) is 0.915. The molecule has 0 radical (unpaired) electrons. The molecule has 1 aliphatic rings. The van der Waals surface area contributed by atoms with Crippen molar-refractivity contribution in [2.75, 3.05) is 6.54 Å². The molecule has 1 saturated heterocycles. The van der Waals surface area contributed by atoms with Gasteiger partial charge in [-0.25, -0.2) is 0 Å². The SMILES string of the molecule is CCC1CN1C(C)=O. The minimum absolute atomic E-state index is 0.219. The molecule has 0 aromatic rings. The maximum Gasteiger partial charge on any atom is 0.219 e. The minimum atomic E-state index is 0.219. The van der Waals surface area contributed by atoms with Crippen LogP contribution in [0.25, 0.3) is 0 Å². The smallest absolute Gasteiger partial charge is 0.219 e. The second kappa shape index (κ2) is 1.77. The lowest BCUT2D eigenvalue weighted by atomic mass is 10.4. The second-order valence-electron chi connectivity index (χ2n) is 2.23. The second-order valence-corrected chi connectivity index (χ2v) is 2.23. The molecule has 1 fully saturated rings. The van der Waals surface area contributed by atoms with Gasteiger partial charge in [-0.3, -0.25) is 4.79 Å². The molecule has 0 N–H and O–H groups in total. The fourth-order valence-electron chi connectivity index (χ4n) is 0.915. The van der Waals surface area contributed by atoms with Crippen LogP contribution in [0.4, 0.5) is 0 Å². The summed E-state index contributed by atoms with van der Waals surface area (Å²) in [5.41, 5.74) is 0. The van der Waals surface area contributed by atoms with Crippen LogP contribution in [0.2, 0.25) is 0 Å². The van der Waals surface area contributed by atoms with Crippen LogP contribution in [0.15, 0.2) is 0 Å². The number of carbonyl (C=O) groups excluding carboxylic acids is 1. The first-order valence-electron chi connectivity index (χ1n) is 3.03. The Labute approximate surface area is 49.5 Å². The molecule has 1 rings (SSSR count). The van der Waals surface area contributed by atoms with Gasteiger partial charge in [0.1, 0.15) is 0 Å². The van der Waals surface area contributed by atoms with Crippen molar-refractivity contribution in [3.63, 3.8) is 0 Å². The van der Waals surface area contributed by atoms with E-state index in [1.165, 1.54) is 0 Å². The molecule has 46 valence electrons. The molecule has 0 bridgehead atoms. The summed E-state index contributed by atoms with van der Waals surface area (Å²) in [6, 6.07) is 0.576. The lowest BCUT2D eigenvalue weighted by Gasteiger charge is -1.93. The van der Waals surface area contributed by atoms with Crippen LogP contribution in [0.5, 0.6) is 0 Å². The third-order valence-corrected chi connectivity index (χ3v) is 1.59. The van der Waals surface area contributed by atoms with Gasteiger partial charge >= 0.3 is 0 Å². The van der Waals surface area contributed by atoms with Crippen molar-refractivity contribution in [1.29, 1.82) is 0 Å². The number of nitrogens with zero attached hydrogens (tertiary/aromatic N) is 1. The van der Waals surface area contributed by atoms with E-state index in [9.17, 15) is 4.79 Å². The van der Waals surface area contributed by atoms with E-state index < -0.39 is 0 Å². The summed E-state index contributed by atoms with van der Waals surface area (Å²) in [6.45, 7) is 4.72.